The van der Waals surface area contributed by atoms with Crippen LogP contribution in [0.3, 0.4) is 0 Å². The standard InChI is InChI=1S/C23H27FN2O4S/c1-30-19-11-6-16(7-12-19)21-5-3-2-4-14-26(21)23(27)17-8-13-20(24)22(15-17)31(28,29)25-18-9-10-18/h6-8,11-13,15,18,21,25H,2-5,9-10,14H2,1H3. The van der Waals surface area contributed by atoms with Crippen molar-refractivity contribution in [1.29, 1.82) is 0 Å². The molecule has 1 unspecified atom stereocenters. The molecule has 31 heavy (non-hydrogen) atoms. The first-order chi connectivity index (χ1) is 14.9. The summed E-state index contributed by atoms with van der Waals surface area (Å²) in [6, 6.07) is 11.0. The molecule has 1 atom stereocenters. The summed E-state index contributed by atoms with van der Waals surface area (Å²) in [5.74, 6) is -0.398. The lowest BCUT2D eigenvalue weighted by atomic mass is 10.00. The van der Waals surface area contributed by atoms with E-state index < -0.39 is 20.7 Å². The van der Waals surface area contributed by atoms with Crippen LogP contribution in [0.15, 0.2) is 47.4 Å². The van der Waals surface area contributed by atoms with Crippen LogP contribution >= 0.6 is 0 Å². The van der Waals surface area contributed by atoms with Gasteiger partial charge in [-0.05, 0) is 61.6 Å². The smallest absolute Gasteiger partial charge is 0.254 e. The number of nitrogens with zero attached hydrogens (tertiary/aromatic N) is 1. The third-order valence-electron chi connectivity index (χ3n) is 5.88. The molecule has 1 aliphatic carbocycles. The zero-order valence-corrected chi connectivity index (χ0v) is 18.3. The molecule has 0 spiro atoms. The van der Waals surface area contributed by atoms with Crippen molar-refractivity contribution in [2.75, 3.05) is 13.7 Å². The summed E-state index contributed by atoms with van der Waals surface area (Å²) in [6.45, 7) is 0.565. The van der Waals surface area contributed by atoms with Crippen LogP contribution in [-0.2, 0) is 10.0 Å². The number of hydrogen-bond acceptors (Lipinski definition) is 4. The van der Waals surface area contributed by atoms with E-state index in [4.69, 9.17) is 4.74 Å². The molecule has 2 aromatic rings. The molecule has 0 aromatic heterocycles. The second-order valence-corrected chi connectivity index (χ2v) is 9.86. The molecule has 4 rings (SSSR count). The average Bonchev–Trinajstić information content (AvgIpc) is 3.59. The zero-order valence-electron chi connectivity index (χ0n) is 17.5. The molecule has 1 amide bonds. The Morgan fingerprint density at radius 3 is 2.48 bits per heavy atom. The van der Waals surface area contributed by atoms with E-state index in [9.17, 15) is 17.6 Å². The normalized spacial score (nSPS) is 19.7. The first kappa shape index (κ1) is 21.8. The Morgan fingerprint density at radius 1 is 1.06 bits per heavy atom. The fraction of sp³-hybridized carbons (Fsp3) is 0.435. The Kier molecular flexibility index (Phi) is 6.29. The molecule has 8 heteroatoms. The lowest BCUT2D eigenvalue weighted by Gasteiger charge is -2.31. The summed E-state index contributed by atoms with van der Waals surface area (Å²) in [5, 5.41) is 0. The fourth-order valence-electron chi connectivity index (χ4n) is 4.02. The van der Waals surface area contributed by atoms with Crippen molar-refractivity contribution in [2.24, 2.45) is 0 Å². The number of amides is 1. The minimum Gasteiger partial charge on any atom is -0.497 e. The SMILES string of the molecule is COc1ccc(C2CCCCCN2C(=O)c2ccc(F)c(S(=O)(=O)NC3CC3)c2)cc1. The first-order valence-corrected chi connectivity index (χ1v) is 12.1. The molecule has 1 N–H and O–H groups in total. The van der Waals surface area contributed by atoms with Gasteiger partial charge in [-0.15, -0.1) is 0 Å². The highest BCUT2D eigenvalue weighted by Gasteiger charge is 2.32. The van der Waals surface area contributed by atoms with Crippen LogP contribution in [0, 0.1) is 5.82 Å². The van der Waals surface area contributed by atoms with Crippen molar-refractivity contribution in [1.82, 2.24) is 9.62 Å². The summed E-state index contributed by atoms with van der Waals surface area (Å²) < 4.78 is 47.2. The molecule has 0 radical (unpaired) electrons. The van der Waals surface area contributed by atoms with Crippen molar-refractivity contribution < 1.29 is 22.3 Å². The molecule has 0 bridgehead atoms. The number of ether oxygens (including phenoxy) is 1. The average molecular weight is 447 g/mol. The van der Waals surface area contributed by atoms with Crippen LogP contribution in [0.5, 0.6) is 5.75 Å². The number of benzene rings is 2. The van der Waals surface area contributed by atoms with Crippen molar-refractivity contribution in [3.05, 3.63) is 59.4 Å². The Hall–Kier alpha value is -2.45. The maximum absolute atomic E-state index is 14.4. The molecule has 2 aliphatic rings. The summed E-state index contributed by atoms with van der Waals surface area (Å²) in [7, 11) is -2.40. The van der Waals surface area contributed by atoms with Gasteiger partial charge in [0.2, 0.25) is 10.0 Å². The Morgan fingerprint density at radius 2 is 1.81 bits per heavy atom. The summed E-state index contributed by atoms with van der Waals surface area (Å²) in [6.07, 6.45) is 5.19. The van der Waals surface area contributed by atoms with Gasteiger partial charge in [-0.2, -0.15) is 0 Å². The highest BCUT2D eigenvalue weighted by atomic mass is 32.2. The molecule has 1 saturated carbocycles. The number of sulfonamides is 1. The van der Waals surface area contributed by atoms with Gasteiger partial charge in [0.05, 0.1) is 13.2 Å². The molecule has 1 heterocycles. The maximum Gasteiger partial charge on any atom is 0.254 e. The van der Waals surface area contributed by atoms with Crippen LogP contribution < -0.4 is 9.46 Å². The Bertz CT molecular complexity index is 1050. The van der Waals surface area contributed by atoms with Gasteiger partial charge >= 0.3 is 0 Å². The lowest BCUT2D eigenvalue weighted by molar-refractivity contribution is 0.0680. The second-order valence-electron chi connectivity index (χ2n) is 8.18. The summed E-state index contributed by atoms with van der Waals surface area (Å²) in [5.41, 5.74) is 1.18. The molecule has 1 aliphatic heterocycles. The Labute approximate surface area is 182 Å². The van der Waals surface area contributed by atoms with E-state index in [1.165, 1.54) is 12.1 Å². The topological polar surface area (TPSA) is 75.7 Å². The van der Waals surface area contributed by atoms with Gasteiger partial charge in [0.15, 0.2) is 0 Å². The second kappa shape index (κ2) is 8.96. The third kappa shape index (κ3) is 4.91. The van der Waals surface area contributed by atoms with Crippen LogP contribution in [0.2, 0.25) is 0 Å². The molecule has 166 valence electrons. The van der Waals surface area contributed by atoms with Crippen molar-refractivity contribution >= 4 is 15.9 Å². The minimum atomic E-state index is -4.00. The lowest BCUT2D eigenvalue weighted by Crippen LogP contribution is -2.35. The van der Waals surface area contributed by atoms with Crippen molar-refractivity contribution in [2.45, 2.75) is 55.5 Å². The molecular formula is C23H27FN2O4S. The number of rotatable bonds is 6. The number of nitrogens with one attached hydrogen (secondary N) is 1. The van der Waals surface area contributed by atoms with Crippen molar-refractivity contribution in [3.8, 4) is 5.75 Å². The number of methoxy groups -OCH3 is 1. The maximum atomic E-state index is 14.4. The van der Waals surface area contributed by atoms with E-state index in [0.29, 0.717) is 6.54 Å². The van der Waals surface area contributed by atoms with Crippen molar-refractivity contribution in [3.63, 3.8) is 0 Å². The van der Waals surface area contributed by atoms with Gasteiger partial charge in [0.25, 0.3) is 5.91 Å². The van der Waals surface area contributed by atoms with Gasteiger partial charge < -0.3 is 9.64 Å². The number of halogens is 1. The number of carbonyl (C=O) groups excluding carboxylic acids is 1. The number of hydrogen-bond donors (Lipinski definition) is 1. The number of carbonyl (C=O) groups is 1. The summed E-state index contributed by atoms with van der Waals surface area (Å²) in [4.78, 5) is 14.8. The molecule has 2 fully saturated rings. The quantitative estimate of drug-likeness (QED) is 0.727. The van der Waals surface area contributed by atoms with Crippen LogP contribution in [0.4, 0.5) is 4.39 Å². The highest BCUT2D eigenvalue weighted by molar-refractivity contribution is 7.89. The predicted molar refractivity (Wildman–Crippen MR) is 115 cm³/mol. The van der Waals surface area contributed by atoms with E-state index in [-0.39, 0.29) is 23.6 Å². The molecule has 1 saturated heterocycles. The van der Waals surface area contributed by atoms with E-state index >= 15 is 0 Å². The van der Waals surface area contributed by atoms with Crippen LogP contribution in [-0.4, -0.2) is 38.9 Å². The van der Waals surface area contributed by atoms with Gasteiger partial charge in [-0.3, -0.25) is 4.79 Å². The molecule has 6 nitrogen and oxygen atoms in total. The Balaban J connectivity index is 1.64. The molecule has 2 aromatic carbocycles. The van der Waals surface area contributed by atoms with E-state index in [1.54, 1.807) is 12.0 Å². The van der Waals surface area contributed by atoms with Gasteiger partial charge in [-0.1, -0.05) is 25.0 Å². The molecular weight excluding hydrogens is 419 g/mol. The third-order valence-corrected chi connectivity index (χ3v) is 7.42. The predicted octanol–water partition coefficient (Wildman–Crippen LogP) is 4.03. The van der Waals surface area contributed by atoms with E-state index in [2.05, 4.69) is 4.72 Å². The summed E-state index contributed by atoms with van der Waals surface area (Å²) >= 11 is 0. The van der Waals surface area contributed by atoms with Crippen LogP contribution in [0.1, 0.15) is 60.5 Å². The fourth-order valence-corrected chi connectivity index (χ4v) is 5.42. The first-order valence-electron chi connectivity index (χ1n) is 10.7. The number of likely N-dealkylation sites (tertiary alicyclic amines) is 1. The van der Waals surface area contributed by atoms with Gasteiger partial charge in [0.1, 0.15) is 16.5 Å². The van der Waals surface area contributed by atoms with Crippen LogP contribution in [0.25, 0.3) is 0 Å². The monoisotopic (exact) mass is 446 g/mol. The van der Waals surface area contributed by atoms with E-state index in [0.717, 1.165) is 55.9 Å². The van der Waals surface area contributed by atoms with E-state index in [1.807, 2.05) is 24.3 Å². The highest BCUT2D eigenvalue weighted by Crippen LogP contribution is 2.33. The largest absolute Gasteiger partial charge is 0.497 e. The van der Waals surface area contributed by atoms with Gasteiger partial charge in [0, 0.05) is 18.2 Å². The zero-order chi connectivity index (χ0) is 22.0. The minimum absolute atomic E-state index is 0.129. The van der Waals surface area contributed by atoms with Gasteiger partial charge in [-0.25, -0.2) is 17.5 Å².